The maximum atomic E-state index is 12.3. The Morgan fingerprint density at radius 3 is 2.47 bits per heavy atom. The van der Waals surface area contributed by atoms with Crippen molar-refractivity contribution < 1.29 is 8.42 Å². The summed E-state index contributed by atoms with van der Waals surface area (Å²) in [5, 5.41) is 0. The van der Waals surface area contributed by atoms with Gasteiger partial charge in [0.15, 0.2) is 0 Å². The van der Waals surface area contributed by atoms with Crippen molar-refractivity contribution in [3.63, 3.8) is 0 Å². The Morgan fingerprint density at radius 1 is 1.37 bits per heavy atom. The van der Waals surface area contributed by atoms with Crippen LogP contribution in [0.1, 0.15) is 27.2 Å². The molecule has 19 heavy (non-hydrogen) atoms. The molecular formula is C13H19BrClNO2S. The molecule has 0 fully saturated rings. The minimum atomic E-state index is -3.53. The molecule has 1 aromatic carbocycles. The molecule has 108 valence electrons. The molecule has 0 saturated heterocycles. The van der Waals surface area contributed by atoms with Crippen LogP contribution in [0.5, 0.6) is 0 Å². The van der Waals surface area contributed by atoms with E-state index in [9.17, 15) is 8.42 Å². The van der Waals surface area contributed by atoms with E-state index in [1.807, 2.05) is 20.8 Å². The third kappa shape index (κ3) is 5.06. The fourth-order valence-electron chi connectivity index (χ4n) is 1.67. The minimum Gasteiger partial charge on any atom is -0.208 e. The summed E-state index contributed by atoms with van der Waals surface area (Å²) in [6.07, 6.45) is 0.596. The summed E-state index contributed by atoms with van der Waals surface area (Å²) >= 11 is 9.04. The zero-order chi connectivity index (χ0) is 14.7. The Labute approximate surface area is 128 Å². The molecule has 0 aliphatic heterocycles. The Hall–Kier alpha value is -0.100. The smallest absolute Gasteiger partial charge is 0.208 e. The van der Waals surface area contributed by atoms with Crippen LogP contribution < -0.4 is 4.72 Å². The van der Waals surface area contributed by atoms with Gasteiger partial charge in [-0.15, -0.1) is 11.6 Å². The van der Waals surface area contributed by atoms with E-state index in [-0.39, 0.29) is 16.4 Å². The Bertz CT molecular complexity index is 526. The largest absolute Gasteiger partial charge is 0.240 e. The molecule has 0 heterocycles. The molecule has 0 aliphatic rings. The summed E-state index contributed by atoms with van der Waals surface area (Å²) < 4.78 is 28.2. The number of hydrogen-bond donors (Lipinski definition) is 1. The first-order chi connectivity index (χ1) is 8.66. The Kier molecular flexibility index (Phi) is 5.86. The average Bonchev–Trinajstić information content (AvgIpc) is 2.27. The highest BCUT2D eigenvalue weighted by Crippen LogP contribution is 2.25. The van der Waals surface area contributed by atoms with Gasteiger partial charge in [-0.1, -0.05) is 42.8 Å². The summed E-state index contributed by atoms with van der Waals surface area (Å²) in [5.74, 6) is 0.420. The molecule has 1 unspecified atom stereocenters. The molecule has 0 aromatic heterocycles. The van der Waals surface area contributed by atoms with Gasteiger partial charge >= 0.3 is 0 Å². The highest BCUT2D eigenvalue weighted by Gasteiger charge is 2.29. The monoisotopic (exact) mass is 367 g/mol. The van der Waals surface area contributed by atoms with E-state index in [2.05, 4.69) is 20.7 Å². The number of benzene rings is 1. The van der Waals surface area contributed by atoms with Crippen molar-refractivity contribution >= 4 is 37.6 Å². The van der Waals surface area contributed by atoms with E-state index in [4.69, 9.17) is 11.6 Å². The summed E-state index contributed by atoms with van der Waals surface area (Å²) in [6, 6.07) is 6.45. The van der Waals surface area contributed by atoms with Gasteiger partial charge in [-0.3, -0.25) is 0 Å². The second-order valence-corrected chi connectivity index (χ2v) is 8.48. The summed E-state index contributed by atoms with van der Waals surface area (Å²) in [4.78, 5) is 0.255. The van der Waals surface area contributed by atoms with E-state index >= 15 is 0 Å². The van der Waals surface area contributed by atoms with Crippen LogP contribution >= 0.6 is 27.5 Å². The number of halogens is 2. The van der Waals surface area contributed by atoms with Gasteiger partial charge in [-0.05, 0) is 30.0 Å². The van der Waals surface area contributed by atoms with Crippen molar-refractivity contribution in [2.75, 3.05) is 5.88 Å². The molecular weight excluding hydrogens is 350 g/mol. The van der Waals surface area contributed by atoms with Gasteiger partial charge in [0, 0.05) is 16.4 Å². The molecule has 0 spiro atoms. The lowest BCUT2D eigenvalue weighted by Crippen LogP contribution is -2.43. The topological polar surface area (TPSA) is 46.2 Å². The molecule has 1 rings (SSSR count). The van der Waals surface area contributed by atoms with Crippen LogP contribution in [0.3, 0.4) is 0 Å². The number of nitrogens with one attached hydrogen (secondary N) is 1. The van der Waals surface area contributed by atoms with Gasteiger partial charge in [0.1, 0.15) is 0 Å². The molecule has 1 aromatic rings. The lowest BCUT2D eigenvalue weighted by molar-refractivity contribution is 0.292. The number of alkyl halides is 1. The van der Waals surface area contributed by atoms with Crippen LogP contribution in [-0.4, -0.2) is 20.3 Å². The first kappa shape index (κ1) is 17.0. The predicted molar refractivity (Wildman–Crippen MR) is 83.0 cm³/mol. The van der Waals surface area contributed by atoms with Gasteiger partial charge in [-0.2, -0.15) is 0 Å². The first-order valence-corrected chi connectivity index (χ1v) is 8.82. The summed E-state index contributed by atoms with van der Waals surface area (Å²) in [5.41, 5.74) is -0.187. The third-order valence-corrected chi connectivity index (χ3v) is 5.03. The second-order valence-electron chi connectivity index (χ2n) is 5.47. The lowest BCUT2D eigenvalue weighted by Gasteiger charge is -2.30. The van der Waals surface area contributed by atoms with Gasteiger partial charge in [0.25, 0.3) is 0 Å². The van der Waals surface area contributed by atoms with E-state index in [1.165, 1.54) is 0 Å². The number of rotatable bonds is 5. The standard InChI is InChI=1S/C13H19BrClNO2S/c1-13(2,3)12(7-8-15)16-19(17,18)11-6-4-5-10(14)9-11/h4-6,9,12,16H,7-8H2,1-3H3. The molecule has 3 nitrogen and oxygen atoms in total. The summed E-state index contributed by atoms with van der Waals surface area (Å²) in [7, 11) is -3.53. The van der Waals surface area contributed by atoms with E-state index in [0.717, 1.165) is 4.47 Å². The maximum absolute atomic E-state index is 12.3. The van der Waals surface area contributed by atoms with Gasteiger partial charge in [0.2, 0.25) is 10.0 Å². The number of hydrogen-bond acceptors (Lipinski definition) is 2. The SMILES string of the molecule is CC(C)(C)C(CCCl)NS(=O)(=O)c1cccc(Br)c1. The summed E-state index contributed by atoms with van der Waals surface area (Å²) in [6.45, 7) is 5.98. The fraction of sp³-hybridized carbons (Fsp3) is 0.538. The minimum absolute atomic E-state index is 0.187. The van der Waals surface area contributed by atoms with Crippen LogP contribution in [-0.2, 0) is 10.0 Å². The van der Waals surface area contributed by atoms with E-state index in [0.29, 0.717) is 12.3 Å². The maximum Gasteiger partial charge on any atom is 0.240 e. The molecule has 0 amide bonds. The fourth-order valence-corrected chi connectivity index (χ4v) is 3.96. The lowest BCUT2D eigenvalue weighted by atomic mass is 9.86. The molecule has 0 saturated carbocycles. The van der Waals surface area contributed by atoms with Gasteiger partial charge < -0.3 is 0 Å². The third-order valence-electron chi connectivity index (χ3n) is 2.85. The van der Waals surface area contributed by atoms with Crippen molar-refractivity contribution in [2.24, 2.45) is 5.41 Å². The molecule has 1 N–H and O–H groups in total. The average molecular weight is 369 g/mol. The van der Waals surface area contributed by atoms with E-state index in [1.54, 1.807) is 24.3 Å². The van der Waals surface area contributed by atoms with E-state index < -0.39 is 10.0 Å². The van der Waals surface area contributed by atoms with Crippen molar-refractivity contribution in [2.45, 2.75) is 38.1 Å². The van der Waals surface area contributed by atoms with Crippen molar-refractivity contribution in [3.05, 3.63) is 28.7 Å². The van der Waals surface area contributed by atoms with Crippen LogP contribution in [0.2, 0.25) is 0 Å². The van der Waals surface area contributed by atoms with Gasteiger partial charge in [-0.25, -0.2) is 13.1 Å². The molecule has 0 radical (unpaired) electrons. The Balaban J connectivity index is 3.01. The predicted octanol–water partition coefficient (Wildman–Crippen LogP) is 3.77. The molecule has 1 atom stereocenters. The van der Waals surface area contributed by atoms with Crippen molar-refractivity contribution in [1.29, 1.82) is 0 Å². The first-order valence-electron chi connectivity index (χ1n) is 6.00. The highest BCUT2D eigenvalue weighted by molar-refractivity contribution is 9.10. The number of sulfonamides is 1. The van der Waals surface area contributed by atoms with Gasteiger partial charge in [0.05, 0.1) is 4.90 Å². The second kappa shape index (κ2) is 6.57. The zero-order valence-corrected chi connectivity index (χ0v) is 14.4. The van der Waals surface area contributed by atoms with Crippen LogP contribution in [0.4, 0.5) is 0 Å². The Morgan fingerprint density at radius 2 is 2.00 bits per heavy atom. The van der Waals surface area contributed by atoms with Crippen molar-refractivity contribution in [3.8, 4) is 0 Å². The van der Waals surface area contributed by atoms with Crippen LogP contribution in [0.15, 0.2) is 33.6 Å². The van der Waals surface area contributed by atoms with Crippen LogP contribution in [0.25, 0.3) is 0 Å². The zero-order valence-electron chi connectivity index (χ0n) is 11.3. The quantitative estimate of drug-likeness (QED) is 0.804. The van der Waals surface area contributed by atoms with Crippen molar-refractivity contribution in [1.82, 2.24) is 4.72 Å². The molecule has 6 heteroatoms. The van der Waals surface area contributed by atoms with Crippen LogP contribution in [0, 0.1) is 5.41 Å². The molecule has 0 aliphatic carbocycles. The molecule has 0 bridgehead atoms. The highest BCUT2D eigenvalue weighted by atomic mass is 79.9. The normalized spacial score (nSPS) is 14.4.